The maximum atomic E-state index is 13.0. The average molecular weight is 331 g/mol. The van der Waals surface area contributed by atoms with Crippen molar-refractivity contribution < 1.29 is 13.5 Å². The molecule has 0 radical (unpaired) electrons. The zero-order chi connectivity index (χ0) is 16.1. The third-order valence-electron chi connectivity index (χ3n) is 5.34. The summed E-state index contributed by atoms with van der Waals surface area (Å²) in [5.41, 5.74) is -0.505. The van der Waals surface area contributed by atoms with Gasteiger partial charge in [-0.05, 0) is 43.1 Å². The summed E-state index contributed by atoms with van der Waals surface area (Å²) in [5, 5.41) is 11.9. The molecule has 0 atom stereocenters. The summed E-state index contributed by atoms with van der Waals surface area (Å²) < 4.78 is 27.7. The van der Waals surface area contributed by atoms with Crippen molar-refractivity contribution >= 4 is 20.8 Å². The van der Waals surface area contributed by atoms with Crippen molar-refractivity contribution in [3.8, 4) is 0 Å². The Kier molecular flexibility index (Phi) is 3.48. The van der Waals surface area contributed by atoms with E-state index in [-0.39, 0.29) is 5.92 Å². The smallest absolute Gasteiger partial charge is 0.243 e. The zero-order valence-corrected chi connectivity index (χ0v) is 13.8. The molecular formula is C18H21NO3S. The van der Waals surface area contributed by atoms with E-state index in [9.17, 15) is 13.5 Å². The number of hydrogen-bond donors (Lipinski definition) is 1. The Morgan fingerprint density at radius 1 is 1.00 bits per heavy atom. The van der Waals surface area contributed by atoms with Crippen molar-refractivity contribution in [2.45, 2.75) is 36.2 Å². The first-order valence-corrected chi connectivity index (χ1v) is 9.65. The molecule has 1 aliphatic heterocycles. The maximum Gasteiger partial charge on any atom is 0.243 e. The van der Waals surface area contributed by atoms with Crippen LogP contribution in [0.5, 0.6) is 0 Å². The van der Waals surface area contributed by atoms with Crippen molar-refractivity contribution in [1.82, 2.24) is 4.31 Å². The quantitative estimate of drug-likeness (QED) is 0.941. The number of sulfonamides is 1. The third-order valence-corrected chi connectivity index (χ3v) is 7.30. The molecule has 1 aliphatic carbocycles. The molecule has 4 rings (SSSR count). The Balaban J connectivity index is 1.63. The van der Waals surface area contributed by atoms with E-state index in [0.717, 1.165) is 36.5 Å². The van der Waals surface area contributed by atoms with Crippen LogP contribution in [0.1, 0.15) is 25.7 Å². The SMILES string of the molecule is O=S(=O)(c1cccc2ccccc12)N1CCC(C2(O)CC2)CC1. The van der Waals surface area contributed by atoms with Crippen LogP contribution in [0.3, 0.4) is 0 Å². The highest BCUT2D eigenvalue weighted by molar-refractivity contribution is 7.89. The number of hydrogen-bond acceptors (Lipinski definition) is 3. The van der Waals surface area contributed by atoms with Gasteiger partial charge in [0.25, 0.3) is 0 Å². The van der Waals surface area contributed by atoms with Crippen LogP contribution < -0.4 is 0 Å². The van der Waals surface area contributed by atoms with E-state index in [1.54, 1.807) is 16.4 Å². The van der Waals surface area contributed by atoms with Gasteiger partial charge in [-0.3, -0.25) is 0 Å². The predicted octanol–water partition coefficient (Wildman–Crippen LogP) is 2.77. The first kappa shape index (κ1) is 15.1. The van der Waals surface area contributed by atoms with Crippen molar-refractivity contribution in [2.24, 2.45) is 5.92 Å². The molecule has 1 heterocycles. The van der Waals surface area contributed by atoms with Gasteiger partial charge in [0.2, 0.25) is 10.0 Å². The molecule has 122 valence electrons. The summed E-state index contributed by atoms with van der Waals surface area (Å²) in [6, 6.07) is 13.0. The Hall–Kier alpha value is -1.43. The lowest BCUT2D eigenvalue weighted by Gasteiger charge is -2.33. The standard InChI is InChI=1S/C18H21NO3S/c20-18(10-11-18)15-8-12-19(13-9-15)23(21,22)17-7-3-5-14-4-1-2-6-16(14)17/h1-7,15,20H,8-13H2. The van der Waals surface area contributed by atoms with Gasteiger partial charge < -0.3 is 5.11 Å². The highest BCUT2D eigenvalue weighted by Crippen LogP contribution is 2.46. The molecule has 1 saturated heterocycles. The van der Waals surface area contributed by atoms with Gasteiger partial charge >= 0.3 is 0 Å². The topological polar surface area (TPSA) is 57.6 Å². The summed E-state index contributed by atoms with van der Waals surface area (Å²) in [7, 11) is -3.49. The number of aliphatic hydroxyl groups is 1. The van der Waals surface area contributed by atoms with Crippen LogP contribution in [0, 0.1) is 5.92 Å². The van der Waals surface area contributed by atoms with Crippen molar-refractivity contribution in [3.63, 3.8) is 0 Å². The van der Waals surface area contributed by atoms with Gasteiger partial charge in [-0.25, -0.2) is 8.42 Å². The number of nitrogens with zero attached hydrogens (tertiary/aromatic N) is 1. The van der Waals surface area contributed by atoms with Crippen LogP contribution in [0.15, 0.2) is 47.4 Å². The van der Waals surface area contributed by atoms with Crippen molar-refractivity contribution in [3.05, 3.63) is 42.5 Å². The van der Waals surface area contributed by atoms with Crippen molar-refractivity contribution in [1.29, 1.82) is 0 Å². The van der Waals surface area contributed by atoms with E-state index in [4.69, 9.17) is 0 Å². The maximum absolute atomic E-state index is 13.0. The van der Waals surface area contributed by atoms with Gasteiger partial charge in [-0.15, -0.1) is 0 Å². The van der Waals surface area contributed by atoms with E-state index in [1.807, 2.05) is 30.3 Å². The summed E-state index contributed by atoms with van der Waals surface area (Å²) in [6.07, 6.45) is 3.24. The molecule has 1 N–H and O–H groups in total. The molecule has 0 aromatic heterocycles. The summed E-state index contributed by atoms with van der Waals surface area (Å²) in [5.74, 6) is 0.251. The molecule has 0 bridgehead atoms. The molecule has 23 heavy (non-hydrogen) atoms. The van der Waals surface area contributed by atoms with E-state index in [0.29, 0.717) is 18.0 Å². The molecule has 2 fully saturated rings. The second-order valence-corrected chi connectivity index (χ2v) is 8.67. The van der Waals surface area contributed by atoms with Gasteiger partial charge in [0, 0.05) is 18.5 Å². The third kappa shape index (κ3) is 2.57. The van der Waals surface area contributed by atoms with Gasteiger partial charge in [-0.1, -0.05) is 36.4 Å². The largest absolute Gasteiger partial charge is 0.390 e. The second-order valence-electron chi connectivity index (χ2n) is 6.76. The molecule has 4 nitrogen and oxygen atoms in total. The summed E-state index contributed by atoms with van der Waals surface area (Å²) in [6.45, 7) is 0.997. The monoisotopic (exact) mass is 331 g/mol. The molecule has 2 aromatic carbocycles. The summed E-state index contributed by atoms with van der Waals surface area (Å²) >= 11 is 0. The molecule has 0 amide bonds. The molecule has 0 spiro atoms. The highest BCUT2D eigenvalue weighted by atomic mass is 32.2. The fourth-order valence-electron chi connectivity index (χ4n) is 3.73. The Bertz CT molecular complexity index is 829. The minimum absolute atomic E-state index is 0.251. The molecule has 2 aromatic rings. The molecule has 0 unspecified atom stereocenters. The lowest BCUT2D eigenvalue weighted by molar-refractivity contribution is 0.0534. The van der Waals surface area contributed by atoms with Gasteiger partial charge in [-0.2, -0.15) is 4.31 Å². The lowest BCUT2D eigenvalue weighted by atomic mass is 9.90. The fourth-order valence-corrected chi connectivity index (χ4v) is 5.41. The van der Waals surface area contributed by atoms with Crippen LogP contribution in [-0.2, 0) is 10.0 Å². The normalized spacial score (nSPS) is 22.3. The number of piperidine rings is 1. The van der Waals surface area contributed by atoms with Gasteiger partial charge in [0.1, 0.15) is 0 Å². The molecule has 1 saturated carbocycles. The second kappa shape index (κ2) is 5.30. The number of benzene rings is 2. The number of rotatable bonds is 3. The number of fused-ring (bicyclic) bond motifs is 1. The predicted molar refractivity (Wildman–Crippen MR) is 89.6 cm³/mol. The summed E-state index contributed by atoms with van der Waals surface area (Å²) in [4.78, 5) is 0.388. The lowest BCUT2D eigenvalue weighted by Crippen LogP contribution is -2.41. The van der Waals surface area contributed by atoms with E-state index >= 15 is 0 Å². The first-order chi connectivity index (χ1) is 11.0. The van der Waals surface area contributed by atoms with Crippen LogP contribution in [0.25, 0.3) is 10.8 Å². The minimum Gasteiger partial charge on any atom is -0.390 e. The molecule has 5 heteroatoms. The van der Waals surface area contributed by atoms with Crippen LogP contribution in [-0.4, -0.2) is 36.5 Å². The van der Waals surface area contributed by atoms with E-state index in [1.165, 1.54) is 0 Å². The van der Waals surface area contributed by atoms with E-state index < -0.39 is 15.6 Å². The Morgan fingerprint density at radius 2 is 1.65 bits per heavy atom. The van der Waals surface area contributed by atoms with Crippen molar-refractivity contribution in [2.75, 3.05) is 13.1 Å². The van der Waals surface area contributed by atoms with Gasteiger partial charge in [0.05, 0.1) is 10.5 Å². The highest BCUT2D eigenvalue weighted by Gasteiger charge is 2.49. The van der Waals surface area contributed by atoms with Gasteiger partial charge in [0.15, 0.2) is 0 Å². The Morgan fingerprint density at radius 3 is 2.35 bits per heavy atom. The van der Waals surface area contributed by atoms with E-state index in [2.05, 4.69) is 0 Å². The van der Waals surface area contributed by atoms with Crippen LogP contribution in [0.4, 0.5) is 0 Å². The Labute approximate surface area is 136 Å². The molecule has 2 aliphatic rings. The zero-order valence-electron chi connectivity index (χ0n) is 13.0. The fraction of sp³-hybridized carbons (Fsp3) is 0.444. The van der Waals surface area contributed by atoms with Crippen LogP contribution in [0.2, 0.25) is 0 Å². The first-order valence-electron chi connectivity index (χ1n) is 8.21. The molecular weight excluding hydrogens is 310 g/mol. The van der Waals surface area contributed by atoms with Crippen LogP contribution >= 0.6 is 0 Å². The minimum atomic E-state index is -3.49. The average Bonchev–Trinajstić information content (AvgIpc) is 3.33.